The van der Waals surface area contributed by atoms with Crippen molar-refractivity contribution in [2.45, 2.75) is 25.4 Å². The van der Waals surface area contributed by atoms with Crippen molar-refractivity contribution in [1.29, 1.82) is 0 Å². The number of likely N-dealkylation sites (N-methyl/N-ethyl adjacent to an activating group) is 1. The highest BCUT2D eigenvalue weighted by Crippen LogP contribution is 2.27. The van der Waals surface area contributed by atoms with Crippen molar-refractivity contribution in [3.63, 3.8) is 0 Å². The molecule has 0 radical (unpaired) electrons. The van der Waals surface area contributed by atoms with E-state index in [2.05, 4.69) is 42.1 Å². The lowest BCUT2D eigenvalue weighted by molar-refractivity contribution is 0.0935. The molecule has 0 saturated carbocycles. The fraction of sp³-hybridized carbons (Fsp3) is 0.280. The highest BCUT2D eigenvalue weighted by molar-refractivity contribution is 7.08. The molecule has 0 spiro atoms. The number of carbonyl (C=O) groups is 1. The van der Waals surface area contributed by atoms with Crippen LogP contribution in [-0.2, 0) is 6.54 Å². The Labute approximate surface area is 201 Å². The first kappa shape index (κ1) is 22.2. The van der Waals surface area contributed by atoms with Crippen LogP contribution >= 0.6 is 11.3 Å². The van der Waals surface area contributed by atoms with Gasteiger partial charge in [-0.25, -0.2) is 10.1 Å². The monoisotopic (exact) mass is 474 g/mol. The van der Waals surface area contributed by atoms with Gasteiger partial charge >= 0.3 is 4.87 Å². The van der Waals surface area contributed by atoms with E-state index >= 15 is 0 Å². The maximum Gasteiger partial charge on any atom is 0.322 e. The number of carbonyl (C=O) groups excluding carboxylic acids is 1. The van der Waals surface area contributed by atoms with Crippen molar-refractivity contribution in [2.24, 2.45) is 0 Å². The summed E-state index contributed by atoms with van der Waals surface area (Å²) in [5.74, 6) is 0.804. The molecule has 1 saturated heterocycles. The zero-order valence-electron chi connectivity index (χ0n) is 19.1. The Kier molecular flexibility index (Phi) is 6.12. The Balaban J connectivity index is 1.28. The first-order chi connectivity index (χ1) is 16.5. The fourth-order valence-corrected chi connectivity index (χ4v) is 5.25. The second-order valence-electron chi connectivity index (χ2n) is 8.76. The van der Waals surface area contributed by atoms with E-state index in [1.54, 1.807) is 0 Å². The number of nitrogens with zero attached hydrogens (tertiary/aromatic N) is 4. The molecule has 1 fully saturated rings. The third-order valence-electron chi connectivity index (χ3n) is 6.09. The van der Waals surface area contributed by atoms with E-state index in [1.165, 1.54) is 0 Å². The van der Waals surface area contributed by atoms with E-state index in [0.29, 0.717) is 18.7 Å². The zero-order chi connectivity index (χ0) is 23.7. The third-order valence-corrected chi connectivity index (χ3v) is 6.97. The highest BCUT2D eigenvalue weighted by Gasteiger charge is 2.35. The lowest BCUT2D eigenvalue weighted by atomic mass is 10.0. The van der Waals surface area contributed by atoms with Gasteiger partial charge in [0, 0.05) is 42.9 Å². The van der Waals surface area contributed by atoms with E-state index < -0.39 is 0 Å². The zero-order valence-corrected chi connectivity index (χ0v) is 19.9. The van der Waals surface area contributed by atoms with Crippen LogP contribution in [0.5, 0.6) is 0 Å². The van der Waals surface area contributed by atoms with Gasteiger partial charge in [-0.1, -0.05) is 53.8 Å². The Bertz CT molecular complexity index is 1340. The van der Waals surface area contributed by atoms with Crippen LogP contribution in [0.1, 0.15) is 32.5 Å². The number of aromatic amines is 1. The van der Waals surface area contributed by atoms with Gasteiger partial charge in [0.15, 0.2) is 0 Å². The predicted molar refractivity (Wildman–Crippen MR) is 132 cm³/mol. The molecule has 0 bridgehead atoms. The minimum Gasteiger partial charge on any atom is -0.347 e. The molecule has 2 aromatic carbocycles. The molecular formula is C25H26N6O2S. The average molecular weight is 475 g/mol. The molecule has 5 rings (SSSR count). The molecular weight excluding hydrogens is 448 g/mol. The highest BCUT2D eigenvalue weighted by atomic mass is 32.1. The molecule has 0 unspecified atom stereocenters. The van der Waals surface area contributed by atoms with Gasteiger partial charge in [-0.15, -0.1) is 0 Å². The summed E-state index contributed by atoms with van der Waals surface area (Å²) in [6.07, 6.45) is 2.04. The number of nitrogens with one attached hydrogen (secondary N) is 2. The number of likely N-dealkylation sites (tertiary alicyclic amines) is 1. The van der Waals surface area contributed by atoms with Gasteiger partial charge in [-0.05, 0) is 31.7 Å². The summed E-state index contributed by atoms with van der Waals surface area (Å²) in [5, 5.41) is 10.5. The SMILES string of the molecule is Cc1cn(Cc2ccc(C(=O)N[C@@H]3CN(C)C[C@@H]3c3n[nH]c(=O)s3)cc2)c(-c2ccccc2)n1. The molecule has 9 heteroatoms. The summed E-state index contributed by atoms with van der Waals surface area (Å²) in [4.78, 5) is 31.2. The smallest absolute Gasteiger partial charge is 0.322 e. The minimum absolute atomic E-state index is 0.00180. The van der Waals surface area contributed by atoms with Crippen molar-refractivity contribution in [1.82, 2.24) is 30.0 Å². The number of imidazole rings is 1. The topological polar surface area (TPSA) is 95.9 Å². The lowest BCUT2D eigenvalue weighted by Crippen LogP contribution is -2.39. The number of rotatable bonds is 6. The van der Waals surface area contributed by atoms with Gasteiger partial charge in [-0.3, -0.25) is 9.59 Å². The largest absolute Gasteiger partial charge is 0.347 e. The van der Waals surface area contributed by atoms with Crippen LogP contribution in [0.25, 0.3) is 11.4 Å². The van der Waals surface area contributed by atoms with Gasteiger partial charge in [0.25, 0.3) is 5.91 Å². The summed E-state index contributed by atoms with van der Waals surface area (Å²) in [5.41, 5.74) is 3.74. The predicted octanol–water partition coefficient (Wildman–Crippen LogP) is 2.88. The van der Waals surface area contributed by atoms with Crippen molar-refractivity contribution >= 4 is 17.2 Å². The number of hydrogen-bond donors (Lipinski definition) is 2. The Morgan fingerprint density at radius 1 is 1.15 bits per heavy atom. The van der Waals surface area contributed by atoms with Gasteiger partial charge in [-0.2, -0.15) is 5.10 Å². The van der Waals surface area contributed by atoms with Gasteiger partial charge in [0.2, 0.25) is 0 Å². The summed E-state index contributed by atoms with van der Waals surface area (Å²) >= 11 is 1.11. The number of amides is 1. The minimum atomic E-state index is -0.172. The van der Waals surface area contributed by atoms with E-state index in [9.17, 15) is 9.59 Å². The standard InChI is InChI=1S/C25H26N6O2S/c1-16-12-31(22(26-16)18-6-4-3-5-7-18)13-17-8-10-19(11-9-17)23(32)27-21-15-30(2)14-20(21)24-28-29-25(33)34-24/h3-12,20-21H,13-15H2,1-2H3,(H,27,32)(H,29,33)/t20-,21+/m0/s1. The molecule has 8 nitrogen and oxygen atoms in total. The van der Waals surface area contributed by atoms with Gasteiger partial charge in [0.1, 0.15) is 10.8 Å². The lowest BCUT2D eigenvalue weighted by Gasteiger charge is -2.18. The molecule has 34 heavy (non-hydrogen) atoms. The second-order valence-corrected chi connectivity index (χ2v) is 9.75. The molecule has 1 aliphatic rings. The quantitative estimate of drug-likeness (QED) is 0.448. The molecule has 2 aromatic heterocycles. The number of aryl methyl sites for hydroxylation is 1. The van der Waals surface area contributed by atoms with Gasteiger partial charge in [0.05, 0.1) is 11.7 Å². The molecule has 1 aliphatic heterocycles. The molecule has 174 valence electrons. The normalized spacial score (nSPS) is 18.3. The fourth-order valence-electron chi connectivity index (χ4n) is 4.49. The van der Waals surface area contributed by atoms with E-state index in [-0.39, 0.29) is 22.7 Å². The van der Waals surface area contributed by atoms with Crippen molar-refractivity contribution in [2.75, 3.05) is 20.1 Å². The maximum absolute atomic E-state index is 13.0. The Morgan fingerprint density at radius 3 is 2.62 bits per heavy atom. The van der Waals surface area contributed by atoms with E-state index in [4.69, 9.17) is 0 Å². The number of hydrogen-bond acceptors (Lipinski definition) is 6. The molecule has 2 atom stereocenters. The summed E-state index contributed by atoms with van der Waals surface area (Å²) in [6, 6.07) is 17.7. The summed E-state index contributed by atoms with van der Waals surface area (Å²) in [7, 11) is 2.00. The summed E-state index contributed by atoms with van der Waals surface area (Å²) in [6.45, 7) is 4.12. The van der Waals surface area contributed by atoms with E-state index in [0.717, 1.165) is 45.5 Å². The second kappa shape index (κ2) is 9.36. The molecule has 4 aromatic rings. The Hall–Kier alpha value is -3.56. The Morgan fingerprint density at radius 2 is 1.91 bits per heavy atom. The van der Waals surface area contributed by atoms with Crippen LogP contribution in [0.15, 0.2) is 65.6 Å². The van der Waals surface area contributed by atoms with Crippen molar-refractivity contribution < 1.29 is 4.79 Å². The van der Waals surface area contributed by atoms with Gasteiger partial charge < -0.3 is 14.8 Å². The first-order valence-electron chi connectivity index (χ1n) is 11.2. The number of benzene rings is 2. The first-order valence-corrected chi connectivity index (χ1v) is 12.0. The average Bonchev–Trinajstić information content (AvgIpc) is 3.53. The summed E-state index contributed by atoms with van der Waals surface area (Å²) < 4.78 is 2.13. The van der Waals surface area contributed by atoms with Crippen LogP contribution in [0.2, 0.25) is 0 Å². The number of H-pyrrole nitrogens is 1. The van der Waals surface area contributed by atoms with Crippen LogP contribution in [0, 0.1) is 6.92 Å². The van der Waals surface area contributed by atoms with Crippen LogP contribution in [0.3, 0.4) is 0 Å². The molecule has 0 aliphatic carbocycles. The van der Waals surface area contributed by atoms with E-state index in [1.807, 2.05) is 62.6 Å². The molecule has 3 heterocycles. The molecule has 2 N–H and O–H groups in total. The number of aromatic nitrogens is 4. The molecule has 1 amide bonds. The maximum atomic E-state index is 13.0. The van der Waals surface area contributed by atoms with Crippen LogP contribution < -0.4 is 10.2 Å². The van der Waals surface area contributed by atoms with Crippen LogP contribution in [0.4, 0.5) is 0 Å². The van der Waals surface area contributed by atoms with Crippen LogP contribution in [-0.4, -0.2) is 56.7 Å². The van der Waals surface area contributed by atoms with Crippen molar-refractivity contribution in [3.8, 4) is 11.4 Å². The van der Waals surface area contributed by atoms with Crippen molar-refractivity contribution in [3.05, 3.63) is 92.3 Å². The third kappa shape index (κ3) is 4.71.